The van der Waals surface area contributed by atoms with Crippen molar-refractivity contribution in [3.8, 4) is 0 Å². The van der Waals surface area contributed by atoms with Crippen molar-refractivity contribution in [2.24, 2.45) is 11.1 Å². The quantitative estimate of drug-likeness (QED) is 0.717. The molecular weight excluding hydrogens is 256 g/mol. The lowest BCUT2D eigenvalue weighted by atomic mass is 9.89. The Morgan fingerprint density at radius 3 is 2.42 bits per heavy atom. The second-order valence-corrected chi connectivity index (χ2v) is 5.92. The first-order valence-electron chi connectivity index (χ1n) is 6.63. The first kappa shape index (κ1) is 16.1. The number of hydrogen-bond acceptors (Lipinski definition) is 3. The van der Waals surface area contributed by atoms with Crippen LogP contribution in [-0.4, -0.2) is 34.7 Å². The fraction of sp³-hybridized carbons (Fsp3) is 0.533. The van der Waals surface area contributed by atoms with Crippen LogP contribution in [0.1, 0.15) is 25.8 Å². The Balaban J connectivity index is 2.56. The van der Waals surface area contributed by atoms with E-state index in [1.165, 1.54) is 5.56 Å². The van der Waals surface area contributed by atoms with Gasteiger partial charge in [-0.1, -0.05) is 56.4 Å². The highest BCUT2D eigenvalue weighted by Crippen LogP contribution is 2.21. The van der Waals surface area contributed by atoms with Crippen LogP contribution >= 0.6 is 12.2 Å². The minimum Gasteiger partial charge on any atom is -0.395 e. The zero-order chi connectivity index (χ0) is 14.3. The summed E-state index contributed by atoms with van der Waals surface area (Å²) in [5.74, 6) is 0. The number of nitrogens with zero attached hydrogens (tertiary/aromatic N) is 1. The molecule has 0 atom stereocenters. The second kappa shape index (κ2) is 7.58. The van der Waals surface area contributed by atoms with Gasteiger partial charge in [0.15, 0.2) is 0 Å². The highest BCUT2D eigenvalue weighted by Gasteiger charge is 2.22. The predicted molar refractivity (Wildman–Crippen MR) is 84.0 cm³/mol. The Morgan fingerprint density at radius 1 is 1.26 bits per heavy atom. The van der Waals surface area contributed by atoms with Gasteiger partial charge in [0.05, 0.1) is 11.6 Å². The van der Waals surface area contributed by atoms with Gasteiger partial charge >= 0.3 is 0 Å². The highest BCUT2D eigenvalue weighted by molar-refractivity contribution is 7.80. The topological polar surface area (TPSA) is 49.5 Å². The summed E-state index contributed by atoms with van der Waals surface area (Å²) < 4.78 is 0. The fourth-order valence-corrected chi connectivity index (χ4v) is 1.92. The summed E-state index contributed by atoms with van der Waals surface area (Å²) in [7, 11) is 0. The number of nitrogens with two attached hydrogens (primary N) is 1. The van der Waals surface area contributed by atoms with Crippen molar-refractivity contribution in [2.75, 3.05) is 19.7 Å². The van der Waals surface area contributed by atoms with Crippen LogP contribution in [0.2, 0.25) is 0 Å². The van der Waals surface area contributed by atoms with Gasteiger partial charge in [-0.3, -0.25) is 4.90 Å². The van der Waals surface area contributed by atoms with E-state index in [1.54, 1.807) is 0 Å². The normalized spacial score (nSPS) is 11.8. The number of aliphatic hydroxyl groups is 1. The molecule has 4 heteroatoms. The molecule has 1 aromatic carbocycles. The van der Waals surface area contributed by atoms with Gasteiger partial charge in [0.2, 0.25) is 0 Å². The molecule has 0 saturated heterocycles. The van der Waals surface area contributed by atoms with Crippen LogP contribution < -0.4 is 5.73 Å². The Morgan fingerprint density at radius 2 is 1.89 bits per heavy atom. The first-order valence-corrected chi connectivity index (χ1v) is 7.03. The van der Waals surface area contributed by atoms with Crippen LogP contribution in [0.15, 0.2) is 30.3 Å². The Kier molecular flexibility index (Phi) is 6.42. The second-order valence-electron chi connectivity index (χ2n) is 5.48. The maximum atomic E-state index is 9.16. The lowest BCUT2D eigenvalue weighted by molar-refractivity contribution is 0.178. The van der Waals surface area contributed by atoms with E-state index in [9.17, 15) is 0 Å². The molecule has 0 spiro atoms. The molecule has 0 aromatic heterocycles. The largest absolute Gasteiger partial charge is 0.395 e. The van der Waals surface area contributed by atoms with Crippen molar-refractivity contribution in [2.45, 2.75) is 26.8 Å². The minimum atomic E-state index is -0.139. The van der Waals surface area contributed by atoms with Crippen molar-refractivity contribution in [1.29, 1.82) is 0 Å². The van der Waals surface area contributed by atoms with E-state index in [0.29, 0.717) is 11.5 Å². The van der Waals surface area contributed by atoms with Crippen molar-refractivity contribution in [3.63, 3.8) is 0 Å². The number of thiocarbonyl (C=S) groups is 1. The van der Waals surface area contributed by atoms with E-state index in [-0.39, 0.29) is 12.0 Å². The molecule has 0 amide bonds. The van der Waals surface area contributed by atoms with Crippen LogP contribution in [-0.2, 0) is 6.54 Å². The molecule has 0 fully saturated rings. The molecular formula is C15H24N2OS. The molecule has 0 heterocycles. The van der Waals surface area contributed by atoms with Crippen molar-refractivity contribution in [3.05, 3.63) is 35.9 Å². The number of benzene rings is 1. The molecule has 19 heavy (non-hydrogen) atoms. The van der Waals surface area contributed by atoms with Crippen molar-refractivity contribution >= 4 is 17.2 Å². The van der Waals surface area contributed by atoms with Crippen LogP contribution in [0.4, 0.5) is 0 Å². The molecule has 106 valence electrons. The molecule has 0 bridgehead atoms. The standard InChI is InChI=1S/C15H24N2OS/c1-15(2,14(16)19)8-9-17(10-11-18)12-13-6-4-3-5-7-13/h3-7,18H,8-12H2,1-2H3,(H2,16,19). The van der Waals surface area contributed by atoms with E-state index in [0.717, 1.165) is 19.5 Å². The third-order valence-corrected chi connectivity index (χ3v) is 3.94. The molecule has 1 aromatic rings. The summed E-state index contributed by atoms with van der Waals surface area (Å²) >= 11 is 5.09. The van der Waals surface area contributed by atoms with Gasteiger partial charge < -0.3 is 10.8 Å². The van der Waals surface area contributed by atoms with Gasteiger partial charge in [0, 0.05) is 18.5 Å². The third-order valence-electron chi connectivity index (χ3n) is 3.39. The summed E-state index contributed by atoms with van der Waals surface area (Å²) in [6.07, 6.45) is 0.898. The monoisotopic (exact) mass is 280 g/mol. The SMILES string of the molecule is CC(C)(CCN(CCO)Cc1ccccc1)C(N)=S. The van der Waals surface area contributed by atoms with E-state index < -0.39 is 0 Å². The average Bonchev–Trinajstić information content (AvgIpc) is 2.37. The summed E-state index contributed by atoms with van der Waals surface area (Å²) in [6, 6.07) is 10.3. The Labute approximate surface area is 121 Å². The number of aliphatic hydroxyl groups excluding tert-OH is 1. The minimum absolute atomic E-state index is 0.139. The molecule has 0 aliphatic heterocycles. The Hall–Kier alpha value is -0.970. The maximum Gasteiger partial charge on any atom is 0.0784 e. The zero-order valence-corrected chi connectivity index (χ0v) is 12.6. The van der Waals surface area contributed by atoms with Gasteiger partial charge in [-0.15, -0.1) is 0 Å². The van der Waals surface area contributed by atoms with Crippen molar-refractivity contribution < 1.29 is 5.11 Å². The van der Waals surface area contributed by atoms with Crippen molar-refractivity contribution in [1.82, 2.24) is 4.90 Å². The smallest absolute Gasteiger partial charge is 0.0784 e. The van der Waals surface area contributed by atoms with Crippen LogP contribution in [0.3, 0.4) is 0 Å². The fourth-order valence-electron chi connectivity index (χ4n) is 1.81. The van der Waals surface area contributed by atoms with Gasteiger partial charge in [-0.05, 0) is 18.5 Å². The molecule has 3 N–H and O–H groups in total. The molecule has 0 aliphatic rings. The van der Waals surface area contributed by atoms with E-state index in [4.69, 9.17) is 23.1 Å². The predicted octanol–water partition coefficient (Wildman–Crippen LogP) is 2.18. The molecule has 3 nitrogen and oxygen atoms in total. The molecule has 0 aliphatic carbocycles. The van der Waals surface area contributed by atoms with Crippen LogP contribution in [0.5, 0.6) is 0 Å². The van der Waals surface area contributed by atoms with Gasteiger partial charge in [-0.2, -0.15) is 0 Å². The maximum absolute atomic E-state index is 9.16. The lowest BCUT2D eigenvalue weighted by Crippen LogP contribution is -2.35. The summed E-state index contributed by atoms with van der Waals surface area (Å²) in [6.45, 7) is 6.68. The zero-order valence-electron chi connectivity index (χ0n) is 11.8. The summed E-state index contributed by atoms with van der Waals surface area (Å²) in [5, 5.41) is 9.16. The summed E-state index contributed by atoms with van der Waals surface area (Å²) in [4.78, 5) is 2.78. The summed E-state index contributed by atoms with van der Waals surface area (Å²) in [5.41, 5.74) is 6.86. The van der Waals surface area contributed by atoms with E-state index >= 15 is 0 Å². The highest BCUT2D eigenvalue weighted by atomic mass is 32.1. The molecule has 0 saturated carbocycles. The molecule has 1 rings (SSSR count). The number of hydrogen-bond donors (Lipinski definition) is 2. The molecule has 0 radical (unpaired) electrons. The van der Waals surface area contributed by atoms with Crippen LogP contribution in [0.25, 0.3) is 0 Å². The van der Waals surface area contributed by atoms with Gasteiger partial charge in [0.1, 0.15) is 0 Å². The Bertz CT molecular complexity index is 392. The average molecular weight is 280 g/mol. The van der Waals surface area contributed by atoms with E-state index in [2.05, 4.69) is 30.9 Å². The lowest BCUT2D eigenvalue weighted by Gasteiger charge is -2.28. The molecule has 0 unspecified atom stereocenters. The van der Waals surface area contributed by atoms with Gasteiger partial charge in [0.25, 0.3) is 0 Å². The van der Waals surface area contributed by atoms with Crippen LogP contribution in [0, 0.1) is 5.41 Å². The van der Waals surface area contributed by atoms with Gasteiger partial charge in [-0.25, -0.2) is 0 Å². The number of rotatable bonds is 8. The third kappa shape index (κ3) is 5.68. The van der Waals surface area contributed by atoms with E-state index in [1.807, 2.05) is 18.2 Å². The first-order chi connectivity index (χ1) is 8.95.